The molecule has 1 rings (SSSR count). The predicted molar refractivity (Wildman–Crippen MR) is 67.2 cm³/mol. The molecule has 1 fully saturated rings. The lowest BCUT2D eigenvalue weighted by atomic mass is 10.1. The van der Waals surface area contributed by atoms with Crippen molar-refractivity contribution in [1.82, 2.24) is 10.2 Å². The molecule has 15 heavy (non-hydrogen) atoms. The predicted octanol–water partition coefficient (Wildman–Crippen LogP) is 2.64. The second-order valence-electron chi connectivity index (χ2n) is 4.96. The molecule has 0 saturated carbocycles. The molecule has 0 aromatic rings. The van der Waals surface area contributed by atoms with Crippen LogP contribution in [0.15, 0.2) is 0 Å². The van der Waals surface area contributed by atoms with Crippen LogP contribution in [0.1, 0.15) is 52.9 Å². The summed E-state index contributed by atoms with van der Waals surface area (Å²) in [6, 6.07) is 2.32. The van der Waals surface area contributed by atoms with Crippen LogP contribution in [0.5, 0.6) is 0 Å². The summed E-state index contributed by atoms with van der Waals surface area (Å²) in [6.45, 7) is 8.22. The van der Waals surface area contributed by atoms with Crippen molar-refractivity contribution in [3.05, 3.63) is 0 Å². The summed E-state index contributed by atoms with van der Waals surface area (Å²) in [7, 11) is 2.10. The van der Waals surface area contributed by atoms with Crippen molar-refractivity contribution in [2.24, 2.45) is 0 Å². The minimum absolute atomic E-state index is 0.685. The molecule has 0 aromatic carbocycles. The van der Waals surface area contributed by atoms with Crippen LogP contribution in [0.2, 0.25) is 0 Å². The number of nitrogens with one attached hydrogen (secondary N) is 1. The van der Waals surface area contributed by atoms with Crippen LogP contribution in [-0.4, -0.2) is 36.6 Å². The van der Waals surface area contributed by atoms with E-state index < -0.39 is 0 Å². The highest BCUT2D eigenvalue weighted by Gasteiger charge is 2.30. The maximum absolute atomic E-state index is 3.45. The van der Waals surface area contributed by atoms with Crippen molar-refractivity contribution in [3.8, 4) is 0 Å². The van der Waals surface area contributed by atoms with Gasteiger partial charge in [-0.25, -0.2) is 0 Å². The van der Waals surface area contributed by atoms with Crippen molar-refractivity contribution in [1.29, 1.82) is 0 Å². The van der Waals surface area contributed by atoms with E-state index in [0.717, 1.165) is 12.1 Å². The molecule has 0 aromatic heterocycles. The topological polar surface area (TPSA) is 15.3 Å². The van der Waals surface area contributed by atoms with Gasteiger partial charge in [-0.2, -0.15) is 0 Å². The van der Waals surface area contributed by atoms with Gasteiger partial charge in [0, 0.05) is 24.7 Å². The molecule has 0 amide bonds. The SMILES string of the molecule is CCCC(CN1C(C)CCC1CC)NC. The minimum atomic E-state index is 0.685. The van der Waals surface area contributed by atoms with Crippen LogP contribution >= 0.6 is 0 Å². The van der Waals surface area contributed by atoms with E-state index in [-0.39, 0.29) is 0 Å². The first kappa shape index (κ1) is 13.0. The molecule has 0 radical (unpaired) electrons. The fraction of sp³-hybridized carbons (Fsp3) is 1.00. The summed E-state index contributed by atoms with van der Waals surface area (Å²) in [5, 5.41) is 3.45. The van der Waals surface area contributed by atoms with E-state index in [0.29, 0.717) is 6.04 Å². The van der Waals surface area contributed by atoms with Crippen molar-refractivity contribution < 1.29 is 0 Å². The third-order valence-electron chi connectivity index (χ3n) is 3.90. The van der Waals surface area contributed by atoms with Gasteiger partial charge in [0.25, 0.3) is 0 Å². The Morgan fingerprint density at radius 3 is 2.60 bits per heavy atom. The fourth-order valence-electron chi connectivity index (χ4n) is 2.82. The highest BCUT2D eigenvalue weighted by atomic mass is 15.2. The molecule has 1 heterocycles. The van der Waals surface area contributed by atoms with E-state index >= 15 is 0 Å². The average Bonchev–Trinajstić information content (AvgIpc) is 2.59. The Morgan fingerprint density at radius 1 is 1.33 bits per heavy atom. The quantitative estimate of drug-likeness (QED) is 0.728. The number of nitrogens with zero attached hydrogens (tertiary/aromatic N) is 1. The first-order valence-electron chi connectivity index (χ1n) is 6.65. The lowest BCUT2D eigenvalue weighted by Gasteiger charge is -2.31. The van der Waals surface area contributed by atoms with Gasteiger partial charge >= 0.3 is 0 Å². The van der Waals surface area contributed by atoms with Crippen LogP contribution in [0.25, 0.3) is 0 Å². The molecular weight excluding hydrogens is 184 g/mol. The molecule has 1 aliphatic rings. The Morgan fingerprint density at radius 2 is 2.07 bits per heavy atom. The molecule has 0 spiro atoms. The third-order valence-corrected chi connectivity index (χ3v) is 3.90. The van der Waals surface area contributed by atoms with E-state index in [1.165, 1.54) is 38.6 Å². The number of rotatable bonds is 6. The molecule has 3 atom stereocenters. The largest absolute Gasteiger partial charge is 0.316 e. The van der Waals surface area contributed by atoms with Crippen molar-refractivity contribution >= 4 is 0 Å². The van der Waals surface area contributed by atoms with Crippen LogP contribution in [0, 0.1) is 0 Å². The van der Waals surface area contributed by atoms with Crippen molar-refractivity contribution in [3.63, 3.8) is 0 Å². The highest BCUT2D eigenvalue weighted by molar-refractivity contribution is 4.86. The second-order valence-corrected chi connectivity index (χ2v) is 4.96. The number of likely N-dealkylation sites (N-methyl/N-ethyl adjacent to an activating group) is 1. The molecule has 1 saturated heterocycles. The van der Waals surface area contributed by atoms with Gasteiger partial charge in [0.15, 0.2) is 0 Å². The van der Waals surface area contributed by atoms with Crippen LogP contribution in [-0.2, 0) is 0 Å². The van der Waals surface area contributed by atoms with Crippen LogP contribution < -0.4 is 5.32 Å². The van der Waals surface area contributed by atoms with Gasteiger partial charge in [-0.15, -0.1) is 0 Å². The molecule has 2 heteroatoms. The van der Waals surface area contributed by atoms with E-state index in [2.05, 4.69) is 38.0 Å². The number of likely N-dealkylation sites (tertiary alicyclic amines) is 1. The smallest absolute Gasteiger partial charge is 0.0192 e. The zero-order chi connectivity index (χ0) is 11.3. The Kier molecular flexibility index (Phi) is 5.62. The fourth-order valence-corrected chi connectivity index (χ4v) is 2.82. The molecule has 2 nitrogen and oxygen atoms in total. The average molecular weight is 212 g/mol. The minimum Gasteiger partial charge on any atom is -0.316 e. The summed E-state index contributed by atoms with van der Waals surface area (Å²) >= 11 is 0. The first-order valence-corrected chi connectivity index (χ1v) is 6.65. The van der Waals surface area contributed by atoms with Gasteiger partial charge in [-0.1, -0.05) is 20.3 Å². The third kappa shape index (κ3) is 3.46. The first-order chi connectivity index (χ1) is 7.22. The lowest BCUT2D eigenvalue weighted by molar-refractivity contribution is 0.175. The summed E-state index contributed by atoms with van der Waals surface area (Å²) in [5.41, 5.74) is 0. The summed E-state index contributed by atoms with van der Waals surface area (Å²) in [6.07, 6.45) is 6.69. The summed E-state index contributed by atoms with van der Waals surface area (Å²) in [5.74, 6) is 0. The van der Waals surface area contributed by atoms with Gasteiger partial charge in [0.05, 0.1) is 0 Å². The molecule has 1 N–H and O–H groups in total. The summed E-state index contributed by atoms with van der Waals surface area (Å²) in [4.78, 5) is 2.72. The standard InChI is InChI=1S/C13H28N2/c1-5-7-12(14-4)10-15-11(3)8-9-13(15)6-2/h11-14H,5-10H2,1-4H3. The van der Waals surface area contributed by atoms with Crippen molar-refractivity contribution in [2.45, 2.75) is 71.0 Å². The van der Waals surface area contributed by atoms with Gasteiger partial charge in [-0.05, 0) is 39.7 Å². The number of hydrogen-bond donors (Lipinski definition) is 1. The second kappa shape index (κ2) is 6.49. The molecule has 0 aliphatic carbocycles. The summed E-state index contributed by atoms with van der Waals surface area (Å²) < 4.78 is 0. The van der Waals surface area contributed by atoms with Crippen molar-refractivity contribution in [2.75, 3.05) is 13.6 Å². The van der Waals surface area contributed by atoms with E-state index in [9.17, 15) is 0 Å². The Hall–Kier alpha value is -0.0800. The molecule has 0 bridgehead atoms. The molecule has 90 valence electrons. The Bertz CT molecular complexity index is 170. The van der Waals surface area contributed by atoms with Crippen LogP contribution in [0.3, 0.4) is 0 Å². The molecular formula is C13H28N2. The van der Waals surface area contributed by atoms with E-state index in [1.807, 2.05) is 0 Å². The van der Waals surface area contributed by atoms with E-state index in [1.54, 1.807) is 0 Å². The van der Waals surface area contributed by atoms with Gasteiger partial charge < -0.3 is 5.32 Å². The zero-order valence-electron chi connectivity index (χ0n) is 10.9. The lowest BCUT2D eigenvalue weighted by Crippen LogP contribution is -2.44. The maximum atomic E-state index is 3.45. The zero-order valence-corrected chi connectivity index (χ0v) is 10.9. The Balaban J connectivity index is 2.45. The van der Waals surface area contributed by atoms with Gasteiger partial charge in [0.2, 0.25) is 0 Å². The highest BCUT2D eigenvalue weighted by Crippen LogP contribution is 2.26. The van der Waals surface area contributed by atoms with Crippen LogP contribution in [0.4, 0.5) is 0 Å². The molecule has 1 aliphatic heterocycles. The monoisotopic (exact) mass is 212 g/mol. The van der Waals surface area contributed by atoms with Gasteiger partial charge in [0.1, 0.15) is 0 Å². The molecule has 3 unspecified atom stereocenters. The van der Waals surface area contributed by atoms with E-state index in [4.69, 9.17) is 0 Å². The maximum Gasteiger partial charge on any atom is 0.0192 e. The van der Waals surface area contributed by atoms with Gasteiger partial charge in [-0.3, -0.25) is 4.90 Å². The normalized spacial score (nSPS) is 29.6. The number of hydrogen-bond acceptors (Lipinski definition) is 2. The Labute approximate surface area is 95.4 Å².